The zero-order chi connectivity index (χ0) is 19.2. The minimum absolute atomic E-state index is 0.125. The Balaban J connectivity index is 1.96. The van der Waals surface area contributed by atoms with Gasteiger partial charge in [-0.05, 0) is 28.8 Å². The zero-order valence-corrected chi connectivity index (χ0v) is 16.7. The Kier molecular flexibility index (Phi) is 6.68. The maximum atomic E-state index is 13.1. The van der Waals surface area contributed by atoms with Crippen molar-refractivity contribution in [1.29, 1.82) is 0 Å². The van der Waals surface area contributed by atoms with Gasteiger partial charge in [0.2, 0.25) is 11.8 Å². The van der Waals surface area contributed by atoms with Crippen molar-refractivity contribution >= 4 is 46.4 Å². The third kappa shape index (κ3) is 4.99. The first-order chi connectivity index (χ1) is 13.1. The van der Waals surface area contributed by atoms with E-state index in [1.165, 1.54) is 11.3 Å². The fourth-order valence-electron chi connectivity index (χ4n) is 2.59. The number of aliphatic hydroxyl groups excluding tert-OH is 1. The summed E-state index contributed by atoms with van der Waals surface area (Å²) in [7, 11) is 0. The van der Waals surface area contributed by atoms with Crippen LogP contribution >= 0.6 is 22.9 Å². The highest BCUT2D eigenvalue weighted by Gasteiger charge is 2.29. The second-order valence-corrected chi connectivity index (χ2v) is 7.96. The second-order valence-electron chi connectivity index (χ2n) is 5.83. The molecule has 138 valence electrons. The molecule has 0 bridgehead atoms. The Bertz CT molecular complexity index is 957. The molecule has 0 spiro atoms. The van der Waals surface area contributed by atoms with Gasteiger partial charge in [-0.1, -0.05) is 41.9 Å². The van der Waals surface area contributed by atoms with Gasteiger partial charge >= 0.3 is 0 Å². The molecule has 0 aliphatic rings. The number of carbonyl (C=O) groups is 1. The predicted molar refractivity (Wildman–Crippen MR) is 110 cm³/mol. The molecule has 27 heavy (non-hydrogen) atoms. The lowest BCUT2D eigenvalue weighted by Gasteiger charge is -2.18. The largest absolute Gasteiger partial charge is 0.758 e. The van der Waals surface area contributed by atoms with Crippen LogP contribution < -0.4 is 4.57 Å². The standard InChI is InChI=1S/C20H17ClN2O2S2/c21-17-9-8-16(27-17)19(25)18(23-10-4-7-15(12-23)13-24)20(26)22-11-14-5-2-1-3-6-14/h1-10,12,18,24H,11,13H2. The number of carbonyl (C=O) groups excluding carboxylic acids is 1. The predicted octanol–water partition coefficient (Wildman–Crippen LogP) is 3.75. The first-order valence-corrected chi connectivity index (χ1v) is 9.84. The van der Waals surface area contributed by atoms with Gasteiger partial charge in [0.05, 0.1) is 22.4 Å². The highest BCUT2D eigenvalue weighted by atomic mass is 35.5. The monoisotopic (exact) mass is 416 g/mol. The summed E-state index contributed by atoms with van der Waals surface area (Å²) in [6.45, 7) is 0.273. The molecule has 2 heterocycles. The lowest BCUT2D eigenvalue weighted by atomic mass is 10.1. The number of rotatable bonds is 7. The fourth-order valence-corrected chi connectivity index (χ4v) is 3.89. The minimum atomic E-state index is -0.773. The number of hydrogen-bond acceptors (Lipinski definition) is 5. The van der Waals surface area contributed by atoms with Crippen molar-refractivity contribution in [2.24, 2.45) is 4.99 Å². The van der Waals surface area contributed by atoms with Crippen LogP contribution in [0.5, 0.6) is 0 Å². The SMILES string of the molecule is O=C(c1ccc(Cl)s1)C(C([S-])=NCc1ccccc1)[n+]1cccc(CO)c1. The number of nitrogens with zero attached hydrogens (tertiary/aromatic N) is 2. The summed E-state index contributed by atoms with van der Waals surface area (Å²) in [5.74, 6) is -0.172. The summed E-state index contributed by atoms with van der Waals surface area (Å²) in [5.41, 5.74) is 1.70. The van der Waals surface area contributed by atoms with E-state index in [9.17, 15) is 9.90 Å². The Morgan fingerprint density at radius 2 is 1.89 bits per heavy atom. The maximum absolute atomic E-state index is 13.1. The molecule has 0 amide bonds. The number of aliphatic hydroxyl groups is 1. The topological polar surface area (TPSA) is 53.5 Å². The summed E-state index contributed by atoms with van der Waals surface area (Å²) in [6, 6.07) is 15.9. The lowest BCUT2D eigenvalue weighted by molar-refractivity contribution is -0.692. The number of thiophene rings is 1. The lowest BCUT2D eigenvalue weighted by Crippen LogP contribution is -2.47. The van der Waals surface area contributed by atoms with Gasteiger partial charge in [0.25, 0.3) is 0 Å². The molecule has 1 aromatic carbocycles. The molecular weight excluding hydrogens is 400 g/mol. The number of aromatic nitrogens is 1. The number of pyridine rings is 1. The number of hydrogen-bond donors (Lipinski definition) is 1. The van der Waals surface area contributed by atoms with E-state index >= 15 is 0 Å². The molecule has 0 saturated heterocycles. The van der Waals surface area contributed by atoms with Crippen LogP contribution in [0.4, 0.5) is 0 Å². The van der Waals surface area contributed by atoms with Crippen molar-refractivity contribution in [3.63, 3.8) is 0 Å². The molecule has 0 aliphatic carbocycles. The maximum Gasteiger partial charge on any atom is 0.244 e. The van der Waals surface area contributed by atoms with E-state index < -0.39 is 6.04 Å². The zero-order valence-electron chi connectivity index (χ0n) is 14.3. The third-order valence-electron chi connectivity index (χ3n) is 3.92. The van der Waals surface area contributed by atoms with Crippen LogP contribution in [0.1, 0.15) is 26.8 Å². The minimum Gasteiger partial charge on any atom is -0.758 e. The molecule has 0 radical (unpaired) electrons. The normalized spacial score (nSPS) is 12.7. The van der Waals surface area contributed by atoms with E-state index in [2.05, 4.69) is 4.99 Å². The molecule has 4 nitrogen and oxygen atoms in total. The first kappa shape index (κ1) is 19.6. The van der Waals surface area contributed by atoms with E-state index in [0.717, 1.165) is 5.56 Å². The molecule has 1 N–H and O–H groups in total. The summed E-state index contributed by atoms with van der Waals surface area (Å²) >= 11 is 12.7. The molecular formula is C20H17ClN2O2S2. The van der Waals surface area contributed by atoms with Crippen molar-refractivity contribution in [3.05, 3.63) is 87.3 Å². The fraction of sp³-hybridized carbons (Fsp3) is 0.150. The summed E-state index contributed by atoms with van der Waals surface area (Å²) in [4.78, 5) is 18.1. The number of ketones is 1. The Morgan fingerprint density at radius 1 is 1.15 bits per heavy atom. The van der Waals surface area contributed by atoms with Gasteiger partial charge < -0.3 is 22.7 Å². The number of benzene rings is 1. The first-order valence-electron chi connectivity index (χ1n) is 8.24. The van der Waals surface area contributed by atoms with Gasteiger partial charge in [-0.15, -0.1) is 11.3 Å². The van der Waals surface area contributed by atoms with Gasteiger partial charge in [-0.2, -0.15) is 4.57 Å². The molecule has 0 saturated carbocycles. The molecule has 1 unspecified atom stereocenters. The summed E-state index contributed by atoms with van der Waals surface area (Å²) in [6.07, 6.45) is 3.46. The van der Waals surface area contributed by atoms with Crippen molar-refractivity contribution in [2.75, 3.05) is 0 Å². The average molecular weight is 417 g/mol. The van der Waals surface area contributed by atoms with Crippen LogP contribution in [-0.4, -0.2) is 15.9 Å². The van der Waals surface area contributed by atoms with E-state index in [-0.39, 0.29) is 17.4 Å². The molecule has 7 heteroatoms. The van der Waals surface area contributed by atoms with Crippen molar-refractivity contribution in [1.82, 2.24) is 0 Å². The van der Waals surface area contributed by atoms with Crippen LogP contribution in [0.15, 0.2) is 72.0 Å². The number of aliphatic imine (C=N–C) groups is 1. The van der Waals surface area contributed by atoms with E-state index in [1.54, 1.807) is 41.2 Å². The number of Topliss-reactive ketones (excluding diaryl/α,β-unsaturated/α-hetero) is 1. The molecule has 3 aromatic rings. The van der Waals surface area contributed by atoms with Crippen molar-refractivity contribution < 1.29 is 14.5 Å². The molecule has 3 rings (SSSR count). The average Bonchev–Trinajstić information content (AvgIpc) is 3.14. The molecule has 0 fully saturated rings. The van der Waals surface area contributed by atoms with E-state index in [0.29, 0.717) is 21.3 Å². The van der Waals surface area contributed by atoms with Gasteiger partial charge in [0, 0.05) is 11.6 Å². The highest BCUT2D eigenvalue weighted by molar-refractivity contribution is 7.77. The summed E-state index contributed by atoms with van der Waals surface area (Å²) in [5, 5.41) is 9.71. The Labute approximate surface area is 172 Å². The van der Waals surface area contributed by atoms with Crippen LogP contribution in [0.25, 0.3) is 0 Å². The quantitative estimate of drug-likeness (QED) is 0.210. The van der Waals surface area contributed by atoms with Crippen LogP contribution in [0, 0.1) is 0 Å². The second kappa shape index (κ2) is 9.19. The van der Waals surface area contributed by atoms with Gasteiger partial charge in [0.15, 0.2) is 12.4 Å². The van der Waals surface area contributed by atoms with Gasteiger partial charge in [0.1, 0.15) is 0 Å². The van der Waals surface area contributed by atoms with Gasteiger partial charge in [-0.3, -0.25) is 4.79 Å². The molecule has 1 atom stereocenters. The third-order valence-corrected chi connectivity index (χ3v) is 5.52. The van der Waals surface area contributed by atoms with Crippen LogP contribution in [0.2, 0.25) is 4.34 Å². The van der Waals surface area contributed by atoms with Crippen molar-refractivity contribution in [2.45, 2.75) is 19.2 Å². The Hall–Kier alpha value is -2.12. The smallest absolute Gasteiger partial charge is 0.244 e. The highest BCUT2D eigenvalue weighted by Crippen LogP contribution is 2.24. The van der Waals surface area contributed by atoms with Crippen molar-refractivity contribution in [3.8, 4) is 0 Å². The van der Waals surface area contributed by atoms with Crippen LogP contribution in [-0.2, 0) is 25.8 Å². The summed E-state index contributed by atoms with van der Waals surface area (Å²) < 4.78 is 2.23. The van der Waals surface area contributed by atoms with E-state index in [4.69, 9.17) is 24.2 Å². The van der Waals surface area contributed by atoms with Crippen LogP contribution in [0.3, 0.4) is 0 Å². The number of halogens is 1. The Morgan fingerprint density at radius 3 is 2.56 bits per heavy atom. The van der Waals surface area contributed by atoms with E-state index in [1.807, 2.05) is 30.3 Å². The molecule has 2 aromatic heterocycles. The molecule has 0 aliphatic heterocycles. The van der Waals surface area contributed by atoms with Gasteiger partial charge in [-0.25, -0.2) is 0 Å².